The Morgan fingerprint density at radius 3 is 2.56 bits per heavy atom. The Bertz CT molecular complexity index is 743. The van der Waals surface area contributed by atoms with Gasteiger partial charge in [0.1, 0.15) is 18.5 Å². The van der Waals surface area contributed by atoms with Crippen LogP contribution in [0.4, 0.5) is 8.78 Å². The lowest BCUT2D eigenvalue weighted by molar-refractivity contribution is -0.767. The molecule has 1 aliphatic rings. The van der Waals surface area contributed by atoms with Crippen molar-refractivity contribution in [2.24, 2.45) is 0 Å². The van der Waals surface area contributed by atoms with Crippen LogP contribution in [-0.2, 0) is 14.4 Å². The average Bonchev–Trinajstić information content (AvgIpc) is 2.87. The highest BCUT2D eigenvalue weighted by atomic mass is 32.2. The second kappa shape index (κ2) is 21.6. The lowest BCUT2D eigenvalue weighted by atomic mass is 10.1. The molecule has 2 unspecified atom stereocenters. The van der Waals surface area contributed by atoms with Crippen molar-refractivity contribution in [2.45, 2.75) is 76.6 Å². The Kier molecular flexibility index (Phi) is 20.1. The number of hydrogen-bond donors (Lipinski definition) is 0. The third kappa shape index (κ3) is 20.7. The number of unbranched alkanes of at least 4 members (excludes halogenated alkanes) is 2. The summed E-state index contributed by atoms with van der Waals surface area (Å²) in [5.41, 5.74) is 0. The summed E-state index contributed by atoms with van der Waals surface area (Å²) in [7, 11) is 0. The van der Waals surface area contributed by atoms with Crippen LogP contribution in [0, 0.1) is 10.1 Å². The molecule has 2 rings (SSSR count). The Hall–Kier alpha value is -2.62. The summed E-state index contributed by atoms with van der Waals surface area (Å²) in [6.07, 6.45) is 13.5. The van der Waals surface area contributed by atoms with E-state index in [1.54, 1.807) is 42.1 Å². The highest BCUT2D eigenvalue weighted by Crippen LogP contribution is 2.27. The highest BCUT2D eigenvalue weighted by molar-refractivity contribution is 8.00. The third-order valence-electron chi connectivity index (χ3n) is 4.57. The second-order valence-corrected chi connectivity index (χ2v) is 9.25. The molecule has 1 aliphatic heterocycles. The Morgan fingerprint density at radius 2 is 2.00 bits per heavy atom. The van der Waals surface area contributed by atoms with Gasteiger partial charge in [-0.05, 0) is 57.1 Å². The molecule has 0 saturated carbocycles. The molecule has 2 atom stereocenters. The van der Waals surface area contributed by atoms with E-state index in [1.165, 1.54) is 32.6 Å². The van der Waals surface area contributed by atoms with Crippen LogP contribution in [0.5, 0.6) is 5.75 Å². The monoisotopic (exact) mass is 531 g/mol. The molecule has 1 aromatic rings. The molecule has 36 heavy (non-hydrogen) atoms. The van der Waals surface area contributed by atoms with Gasteiger partial charge in [0.2, 0.25) is 0 Å². The number of rotatable bonds is 13. The number of thioether (sulfide) groups is 1. The van der Waals surface area contributed by atoms with Crippen LogP contribution < -0.4 is 4.74 Å². The van der Waals surface area contributed by atoms with Gasteiger partial charge in [0.25, 0.3) is 17.5 Å². The topological polar surface area (TPSA) is 87.9 Å². The summed E-state index contributed by atoms with van der Waals surface area (Å²) in [5.74, 6) is -1.36. The summed E-state index contributed by atoms with van der Waals surface area (Å²) >= 11 is 1.76. The number of allylic oxidation sites excluding steroid dienone is 2. The number of benzene rings is 1. The van der Waals surface area contributed by atoms with E-state index in [0.717, 1.165) is 24.7 Å². The molecule has 0 spiro atoms. The van der Waals surface area contributed by atoms with Crippen molar-refractivity contribution in [1.82, 2.24) is 0 Å². The first-order valence-corrected chi connectivity index (χ1v) is 13.1. The van der Waals surface area contributed by atoms with Gasteiger partial charge in [0, 0.05) is 5.25 Å². The first-order valence-electron chi connectivity index (χ1n) is 12.1. The highest BCUT2D eigenvalue weighted by Gasteiger charge is 2.27. The molecule has 0 amide bonds. The molecular formula is C26H39F2NO6S. The molecule has 1 fully saturated rings. The molecule has 0 radical (unpaired) electrons. The maximum absolute atomic E-state index is 13.6. The lowest BCUT2D eigenvalue weighted by Gasteiger charge is -2.19. The number of halogens is 2. The van der Waals surface area contributed by atoms with E-state index in [2.05, 4.69) is 35.6 Å². The fraction of sp³-hybridized carbons (Fsp3) is 0.577. The minimum Gasteiger partial charge on any atom is -0.487 e. The van der Waals surface area contributed by atoms with Crippen LogP contribution in [0.15, 0.2) is 54.6 Å². The second-order valence-electron chi connectivity index (χ2n) is 7.91. The van der Waals surface area contributed by atoms with Crippen LogP contribution in [-0.4, -0.2) is 47.8 Å². The summed E-state index contributed by atoms with van der Waals surface area (Å²) < 4.78 is 36.6. The zero-order chi connectivity index (χ0) is 27.1. The first-order chi connectivity index (χ1) is 17.2. The predicted octanol–water partition coefficient (Wildman–Crippen LogP) is 7.05. The van der Waals surface area contributed by atoms with Crippen molar-refractivity contribution in [3.8, 4) is 5.75 Å². The molecule has 0 aromatic heterocycles. The Balaban J connectivity index is 0.000000605. The van der Waals surface area contributed by atoms with Gasteiger partial charge in [-0.25, -0.2) is 0 Å². The maximum atomic E-state index is 13.6. The number of alkyl halides is 2. The van der Waals surface area contributed by atoms with Crippen molar-refractivity contribution < 1.29 is 33.0 Å². The molecule has 1 saturated heterocycles. The smallest absolute Gasteiger partial charge is 0.299 e. The minimum absolute atomic E-state index is 0.107. The summed E-state index contributed by atoms with van der Waals surface area (Å²) in [6, 6.07) is 8.71. The molecular weight excluding hydrogens is 492 g/mol. The molecule has 1 aromatic carbocycles. The van der Waals surface area contributed by atoms with Crippen molar-refractivity contribution in [3.63, 3.8) is 0 Å². The van der Waals surface area contributed by atoms with E-state index in [9.17, 15) is 23.7 Å². The molecule has 204 valence electrons. The third-order valence-corrected chi connectivity index (χ3v) is 5.91. The predicted molar refractivity (Wildman–Crippen MR) is 140 cm³/mol. The van der Waals surface area contributed by atoms with Gasteiger partial charge in [-0.2, -0.15) is 20.5 Å². The van der Waals surface area contributed by atoms with Gasteiger partial charge in [0.05, 0.1) is 0 Å². The molecule has 0 N–H and O–H groups in total. The minimum atomic E-state index is -2.91. The van der Waals surface area contributed by atoms with Gasteiger partial charge in [0.15, 0.2) is 6.61 Å². The summed E-state index contributed by atoms with van der Waals surface area (Å²) in [4.78, 5) is 23.2. The van der Waals surface area contributed by atoms with Gasteiger partial charge in [-0.15, -0.1) is 10.1 Å². The van der Waals surface area contributed by atoms with E-state index in [0.29, 0.717) is 5.75 Å². The van der Waals surface area contributed by atoms with Gasteiger partial charge in [-0.3, -0.25) is 4.79 Å². The molecule has 10 heteroatoms. The number of nitrogens with zero attached hydrogens (tertiary/aromatic N) is 1. The first kappa shape index (κ1) is 33.4. The van der Waals surface area contributed by atoms with Crippen LogP contribution in [0.2, 0.25) is 0 Å². The fourth-order valence-corrected chi connectivity index (χ4v) is 3.95. The Labute approximate surface area is 217 Å². The standard InChI is InChI=1S/C15H18F2OS.C7H14.C4H7NO5/c16-15(17,10-9-14-8-4-5-11-19-14)12-18-13-6-2-1-3-7-13;1-3-5-7-6-4-2;1-4(2-9-3-6)10-5(7)8/h1-3,6-7,9-10,14H,4-5,8,11-12H2;3,5H,4,6-7H2,1-2H3;3-4H,2H2,1H3/b10-9+;5-3-;. The Morgan fingerprint density at radius 1 is 1.28 bits per heavy atom. The van der Waals surface area contributed by atoms with E-state index in [4.69, 9.17) is 4.74 Å². The van der Waals surface area contributed by atoms with Gasteiger partial charge < -0.3 is 14.3 Å². The molecule has 0 aliphatic carbocycles. The number of carbonyl (C=O) groups excluding carboxylic acids is 1. The molecule has 7 nitrogen and oxygen atoms in total. The van der Waals surface area contributed by atoms with E-state index >= 15 is 0 Å². The lowest BCUT2D eigenvalue weighted by Crippen LogP contribution is -2.23. The van der Waals surface area contributed by atoms with Gasteiger partial charge in [-0.1, -0.05) is 62.6 Å². The van der Waals surface area contributed by atoms with Crippen LogP contribution in [0.3, 0.4) is 0 Å². The van der Waals surface area contributed by atoms with E-state index < -0.39 is 23.7 Å². The zero-order valence-electron chi connectivity index (χ0n) is 21.4. The largest absolute Gasteiger partial charge is 0.487 e. The van der Waals surface area contributed by atoms with Crippen LogP contribution in [0.1, 0.15) is 59.3 Å². The van der Waals surface area contributed by atoms with Crippen molar-refractivity contribution in [1.29, 1.82) is 0 Å². The summed E-state index contributed by atoms with van der Waals surface area (Å²) in [5, 5.41) is 8.91. The average molecular weight is 532 g/mol. The number of carbonyl (C=O) groups is 1. The van der Waals surface area contributed by atoms with Gasteiger partial charge >= 0.3 is 0 Å². The van der Waals surface area contributed by atoms with E-state index in [1.807, 2.05) is 6.07 Å². The maximum Gasteiger partial charge on any atom is 0.299 e. The number of para-hydroxylation sites is 1. The van der Waals surface area contributed by atoms with Crippen molar-refractivity contribution >= 4 is 18.2 Å². The SMILES string of the molecule is C/C=C\CCCC.CC(COC=O)O[N+](=O)[O-].FC(F)(/C=C/C1CCCCS1)COc1ccccc1. The van der Waals surface area contributed by atoms with Crippen molar-refractivity contribution in [3.05, 3.63) is 64.8 Å². The fourth-order valence-electron chi connectivity index (χ4n) is 2.75. The number of hydrogen-bond acceptors (Lipinski definition) is 7. The van der Waals surface area contributed by atoms with Crippen molar-refractivity contribution in [2.75, 3.05) is 19.0 Å². The number of ether oxygens (including phenoxy) is 2. The zero-order valence-corrected chi connectivity index (χ0v) is 22.2. The normalized spacial score (nSPS) is 16.2. The quantitative estimate of drug-likeness (QED) is 0.0886. The van der Waals surface area contributed by atoms with E-state index in [-0.39, 0.29) is 18.3 Å². The van der Waals surface area contributed by atoms with Crippen LogP contribution >= 0.6 is 11.8 Å². The molecule has 1 heterocycles. The summed E-state index contributed by atoms with van der Waals surface area (Å²) in [6.45, 7) is 5.20. The van der Waals surface area contributed by atoms with Crippen LogP contribution in [0.25, 0.3) is 0 Å². The molecule has 0 bridgehead atoms.